The van der Waals surface area contributed by atoms with Crippen LogP contribution in [0.25, 0.3) is 5.95 Å². The second kappa shape index (κ2) is 7.17. The van der Waals surface area contributed by atoms with Crippen molar-refractivity contribution < 1.29 is 4.79 Å². The first kappa shape index (κ1) is 14.7. The maximum absolute atomic E-state index is 11.4. The molecule has 0 aromatic carbocycles. The smallest absolute Gasteiger partial charge is 0.257 e. The zero-order valence-electron chi connectivity index (χ0n) is 12.0. The Morgan fingerprint density at radius 3 is 2.76 bits per heavy atom. The number of amides is 1. The molecule has 0 saturated heterocycles. The number of rotatable bonds is 7. The van der Waals surface area contributed by atoms with Crippen molar-refractivity contribution in [3.8, 4) is 5.95 Å². The number of aromatic nitrogens is 5. The Morgan fingerprint density at radius 2 is 2.10 bits per heavy atom. The second-order valence-electron chi connectivity index (χ2n) is 4.11. The van der Waals surface area contributed by atoms with Crippen molar-refractivity contribution in [2.75, 3.05) is 30.8 Å². The monoisotopic (exact) mass is 290 g/mol. The highest BCUT2D eigenvalue weighted by atomic mass is 16.1. The van der Waals surface area contributed by atoms with Gasteiger partial charge in [-0.05, 0) is 13.0 Å². The van der Waals surface area contributed by atoms with Gasteiger partial charge in [-0.15, -0.1) is 0 Å². The molecule has 1 amide bonds. The summed E-state index contributed by atoms with van der Waals surface area (Å²) in [4.78, 5) is 24.0. The standard InChI is InChI=1S/C12H18N8O/c1-3-14-9(21)5-7-15-11-17-10(13-2)18-12(19-11)20-8-4-6-16-20/h4,6,8H,3,5,7H2,1-2H3,(H,14,21)(H2,13,15,17,18,19). The van der Waals surface area contributed by atoms with Gasteiger partial charge in [0.05, 0.1) is 0 Å². The Kier molecular flexibility index (Phi) is 5.02. The predicted octanol–water partition coefficient (Wildman–Crippen LogP) is 0.0371. The minimum Gasteiger partial charge on any atom is -0.357 e. The number of hydrogen-bond acceptors (Lipinski definition) is 7. The van der Waals surface area contributed by atoms with Crippen molar-refractivity contribution in [3.05, 3.63) is 18.5 Å². The average molecular weight is 290 g/mol. The fraction of sp³-hybridized carbons (Fsp3) is 0.417. The largest absolute Gasteiger partial charge is 0.357 e. The van der Waals surface area contributed by atoms with E-state index in [0.717, 1.165) is 0 Å². The summed E-state index contributed by atoms with van der Waals surface area (Å²) in [5.74, 6) is 1.21. The highest BCUT2D eigenvalue weighted by molar-refractivity contribution is 5.76. The predicted molar refractivity (Wildman–Crippen MR) is 78.3 cm³/mol. The molecular weight excluding hydrogens is 272 g/mol. The number of hydrogen-bond donors (Lipinski definition) is 3. The zero-order chi connectivity index (χ0) is 15.1. The molecule has 0 radical (unpaired) electrons. The van der Waals surface area contributed by atoms with Crippen molar-refractivity contribution in [3.63, 3.8) is 0 Å². The Balaban J connectivity index is 2.05. The minimum atomic E-state index is -0.0137. The molecule has 0 aliphatic rings. The first-order valence-electron chi connectivity index (χ1n) is 6.67. The molecular formula is C12H18N8O. The SMILES string of the molecule is CCNC(=O)CCNc1nc(NC)nc(-n2cccn2)n1. The van der Waals surface area contributed by atoms with Crippen LogP contribution in [0.1, 0.15) is 13.3 Å². The highest BCUT2D eigenvalue weighted by Gasteiger charge is 2.08. The van der Waals surface area contributed by atoms with Crippen LogP contribution in [-0.4, -0.2) is 50.8 Å². The van der Waals surface area contributed by atoms with Gasteiger partial charge in [0.15, 0.2) is 0 Å². The van der Waals surface area contributed by atoms with Gasteiger partial charge in [-0.25, -0.2) is 4.68 Å². The number of anilines is 2. The van der Waals surface area contributed by atoms with Crippen molar-refractivity contribution in [1.29, 1.82) is 0 Å². The Labute approximate surface area is 122 Å². The van der Waals surface area contributed by atoms with Crippen molar-refractivity contribution >= 4 is 17.8 Å². The molecule has 2 aromatic heterocycles. The molecule has 9 heteroatoms. The lowest BCUT2D eigenvalue weighted by atomic mass is 10.4. The van der Waals surface area contributed by atoms with Gasteiger partial charge in [0.2, 0.25) is 17.8 Å². The molecule has 0 bridgehead atoms. The molecule has 0 unspecified atom stereocenters. The van der Waals surface area contributed by atoms with E-state index in [2.05, 4.69) is 36.0 Å². The fourth-order valence-electron chi connectivity index (χ4n) is 1.62. The third-order valence-electron chi connectivity index (χ3n) is 2.57. The molecule has 0 atom stereocenters. The van der Waals surface area contributed by atoms with Crippen LogP contribution in [0.5, 0.6) is 0 Å². The van der Waals surface area contributed by atoms with Crippen molar-refractivity contribution in [2.45, 2.75) is 13.3 Å². The Morgan fingerprint density at radius 1 is 1.29 bits per heavy atom. The number of nitrogens with one attached hydrogen (secondary N) is 3. The molecule has 9 nitrogen and oxygen atoms in total. The third kappa shape index (κ3) is 4.13. The molecule has 0 saturated carbocycles. The lowest BCUT2D eigenvalue weighted by Crippen LogP contribution is -2.25. The van der Waals surface area contributed by atoms with Crippen LogP contribution in [0, 0.1) is 0 Å². The first-order valence-corrected chi connectivity index (χ1v) is 6.67. The Bertz CT molecular complexity index is 583. The quantitative estimate of drug-likeness (QED) is 0.660. The number of carbonyl (C=O) groups excluding carboxylic acids is 1. The van der Waals surface area contributed by atoms with E-state index in [1.807, 2.05) is 6.92 Å². The molecule has 0 fully saturated rings. The van der Waals surface area contributed by atoms with Crippen molar-refractivity contribution in [2.24, 2.45) is 0 Å². The second-order valence-corrected chi connectivity index (χ2v) is 4.11. The molecule has 112 valence electrons. The summed E-state index contributed by atoms with van der Waals surface area (Å²) in [6, 6.07) is 1.78. The Hall–Kier alpha value is -2.71. The molecule has 0 aliphatic heterocycles. The highest BCUT2D eigenvalue weighted by Crippen LogP contribution is 2.08. The number of nitrogens with zero attached hydrogens (tertiary/aromatic N) is 5. The topological polar surface area (TPSA) is 110 Å². The molecule has 2 heterocycles. The summed E-state index contributed by atoms with van der Waals surface area (Å²) >= 11 is 0. The van der Waals surface area contributed by atoms with Crippen LogP contribution in [-0.2, 0) is 4.79 Å². The summed E-state index contributed by atoms with van der Waals surface area (Å²) in [6.45, 7) is 2.95. The van der Waals surface area contributed by atoms with E-state index in [-0.39, 0.29) is 5.91 Å². The summed E-state index contributed by atoms with van der Waals surface area (Å²) in [7, 11) is 1.72. The average Bonchev–Trinajstić information content (AvgIpc) is 3.01. The minimum absolute atomic E-state index is 0.0137. The maximum Gasteiger partial charge on any atom is 0.257 e. The zero-order valence-corrected chi connectivity index (χ0v) is 12.0. The molecule has 3 N–H and O–H groups in total. The molecule has 2 rings (SSSR count). The van der Waals surface area contributed by atoms with Crippen LogP contribution in [0.4, 0.5) is 11.9 Å². The van der Waals surface area contributed by atoms with Gasteiger partial charge in [-0.3, -0.25) is 4.79 Å². The van der Waals surface area contributed by atoms with Gasteiger partial charge >= 0.3 is 0 Å². The third-order valence-corrected chi connectivity index (χ3v) is 2.57. The summed E-state index contributed by atoms with van der Waals surface area (Å²) in [5.41, 5.74) is 0. The van der Waals surface area contributed by atoms with E-state index in [1.54, 1.807) is 25.5 Å². The van der Waals surface area contributed by atoms with E-state index in [4.69, 9.17) is 0 Å². The summed E-state index contributed by atoms with van der Waals surface area (Å²) in [5, 5.41) is 12.7. The van der Waals surface area contributed by atoms with E-state index in [1.165, 1.54) is 4.68 Å². The van der Waals surface area contributed by atoms with Gasteiger partial charge in [0.25, 0.3) is 5.95 Å². The van der Waals surface area contributed by atoms with E-state index in [9.17, 15) is 4.79 Å². The van der Waals surface area contributed by atoms with Gasteiger partial charge in [0, 0.05) is 39.0 Å². The van der Waals surface area contributed by atoms with Gasteiger partial charge < -0.3 is 16.0 Å². The van der Waals surface area contributed by atoms with Crippen LogP contribution in [0.15, 0.2) is 18.5 Å². The normalized spacial score (nSPS) is 10.2. The van der Waals surface area contributed by atoms with Crippen LogP contribution in [0.3, 0.4) is 0 Å². The lowest BCUT2D eigenvalue weighted by molar-refractivity contribution is -0.120. The molecule has 21 heavy (non-hydrogen) atoms. The lowest BCUT2D eigenvalue weighted by Gasteiger charge is -2.08. The van der Waals surface area contributed by atoms with E-state index in [0.29, 0.717) is 37.4 Å². The first-order chi connectivity index (χ1) is 10.2. The van der Waals surface area contributed by atoms with Gasteiger partial charge in [-0.1, -0.05) is 0 Å². The van der Waals surface area contributed by atoms with Gasteiger partial charge in [-0.2, -0.15) is 20.1 Å². The maximum atomic E-state index is 11.4. The van der Waals surface area contributed by atoms with Crippen LogP contribution in [0.2, 0.25) is 0 Å². The van der Waals surface area contributed by atoms with E-state index < -0.39 is 0 Å². The molecule has 0 aliphatic carbocycles. The van der Waals surface area contributed by atoms with Gasteiger partial charge in [0.1, 0.15) is 0 Å². The fourth-order valence-corrected chi connectivity index (χ4v) is 1.62. The molecule has 0 spiro atoms. The summed E-state index contributed by atoms with van der Waals surface area (Å²) in [6.07, 6.45) is 3.74. The van der Waals surface area contributed by atoms with E-state index >= 15 is 0 Å². The van der Waals surface area contributed by atoms with Crippen molar-refractivity contribution in [1.82, 2.24) is 30.0 Å². The molecule has 2 aromatic rings. The van der Waals surface area contributed by atoms with Crippen LogP contribution >= 0.6 is 0 Å². The van der Waals surface area contributed by atoms with Crippen LogP contribution < -0.4 is 16.0 Å². The summed E-state index contributed by atoms with van der Waals surface area (Å²) < 4.78 is 1.54. The number of carbonyl (C=O) groups is 1.